The number of ether oxygens (including phenoxy) is 1. The number of rotatable bonds is 4. The molecule has 2 heterocycles. The minimum atomic E-state index is -0.700. The van der Waals surface area contributed by atoms with Gasteiger partial charge in [-0.1, -0.05) is 11.6 Å². The molecular formula is C18H20ClN5O3. The summed E-state index contributed by atoms with van der Waals surface area (Å²) in [6, 6.07) is 7.34. The van der Waals surface area contributed by atoms with E-state index in [0.29, 0.717) is 5.56 Å². The maximum absolute atomic E-state index is 12.4. The van der Waals surface area contributed by atoms with Gasteiger partial charge in [0.15, 0.2) is 5.69 Å². The number of carbonyl (C=O) groups is 2. The van der Waals surface area contributed by atoms with Crippen LogP contribution in [-0.4, -0.2) is 67.1 Å². The smallest absolute Gasteiger partial charge is 0.358 e. The van der Waals surface area contributed by atoms with Gasteiger partial charge in [-0.2, -0.15) is 0 Å². The van der Waals surface area contributed by atoms with Gasteiger partial charge in [-0.3, -0.25) is 10.1 Å². The molecule has 0 aliphatic carbocycles. The molecule has 0 bridgehead atoms. The van der Waals surface area contributed by atoms with Crippen LogP contribution in [0.4, 0.5) is 11.6 Å². The average molecular weight is 390 g/mol. The molecule has 1 amide bonds. The second-order valence-electron chi connectivity index (χ2n) is 6.17. The van der Waals surface area contributed by atoms with Crippen molar-refractivity contribution < 1.29 is 14.3 Å². The Morgan fingerprint density at radius 2 is 1.81 bits per heavy atom. The van der Waals surface area contributed by atoms with E-state index >= 15 is 0 Å². The van der Waals surface area contributed by atoms with Gasteiger partial charge in [0.05, 0.1) is 18.3 Å². The van der Waals surface area contributed by atoms with Crippen LogP contribution in [0, 0.1) is 0 Å². The first-order valence-electron chi connectivity index (χ1n) is 8.43. The molecule has 9 heteroatoms. The van der Waals surface area contributed by atoms with E-state index in [1.54, 1.807) is 12.1 Å². The highest BCUT2D eigenvalue weighted by atomic mass is 35.5. The SMILES string of the molecule is COC(=O)c1nc(NC(=O)c2ccc(N3CCN(C)CC3)cc2)ncc1Cl. The van der Waals surface area contributed by atoms with Crippen molar-refractivity contribution in [1.29, 1.82) is 0 Å². The van der Waals surface area contributed by atoms with E-state index in [0.717, 1.165) is 31.9 Å². The van der Waals surface area contributed by atoms with Crippen molar-refractivity contribution in [3.63, 3.8) is 0 Å². The number of nitrogens with one attached hydrogen (secondary N) is 1. The van der Waals surface area contributed by atoms with E-state index in [1.807, 2.05) is 12.1 Å². The lowest BCUT2D eigenvalue weighted by Gasteiger charge is -2.34. The van der Waals surface area contributed by atoms with Gasteiger partial charge in [-0.05, 0) is 31.3 Å². The summed E-state index contributed by atoms with van der Waals surface area (Å²) in [5.74, 6) is -1.10. The Morgan fingerprint density at radius 3 is 2.44 bits per heavy atom. The Balaban J connectivity index is 1.69. The minimum absolute atomic E-state index is 0.0204. The van der Waals surface area contributed by atoms with Crippen molar-refractivity contribution in [1.82, 2.24) is 14.9 Å². The van der Waals surface area contributed by atoms with Crippen LogP contribution in [0.2, 0.25) is 5.02 Å². The van der Waals surface area contributed by atoms with Gasteiger partial charge in [0.25, 0.3) is 5.91 Å². The minimum Gasteiger partial charge on any atom is -0.464 e. The summed E-state index contributed by atoms with van der Waals surface area (Å²) < 4.78 is 4.61. The fourth-order valence-corrected chi connectivity index (χ4v) is 2.90. The third kappa shape index (κ3) is 4.53. The molecule has 8 nitrogen and oxygen atoms in total. The van der Waals surface area contributed by atoms with Gasteiger partial charge in [0.1, 0.15) is 0 Å². The highest BCUT2D eigenvalue weighted by Crippen LogP contribution is 2.18. The van der Waals surface area contributed by atoms with Crippen LogP contribution in [-0.2, 0) is 4.74 Å². The Labute approximate surface area is 162 Å². The van der Waals surface area contributed by atoms with Crippen molar-refractivity contribution in [2.45, 2.75) is 0 Å². The molecule has 0 atom stereocenters. The van der Waals surface area contributed by atoms with Gasteiger partial charge in [-0.25, -0.2) is 14.8 Å². The van der Waals surface area contributed by atoms with Crippen molar-refractivity contribution >= 4 is 35.1 Å². The Morgan fingerprint density at radius 1 is 1.15 bits per heavy atom. The quantitative estimate of drug-likeness (QED) is 0.799. The lowest BCUT2D eigenvalue weighted by atomic mass is 10.1. The molecule has 1 aliphatic heterocycles. The first-order valence-corrected chi connectivity index (χ1v) is 8.81. The lowest BCUT2D eigenvalue weighted by molar-refractivity contribution is 0.0594. The second-order valence-corrected chi connectivity index (χ2v) is 6.58. The van der Waals surface area contributed by atoms with Crippen molar-refractivity contribution in [2.24, 2.45) is 0 Å². The number of hydrogen-bond acceptors (Lipinski definition) is 7. The summed E-state index contributed by atoms with van der Waals surface area (Å²) in [5.41, 5.74) is 1.44. The van der Waals surface area contributed by atoms with Crippen LogP contribution in [0.25, 0.3) is 0 Å². The standard InChI is InChI=1S/C18H20ClN5O3/c1-23-7-9-24(10-8-23)13-5-3-12(4-6-13)16(25)22-18-20-11-14(19)15(21-18)17(26)27-2/h3-6,11H,7-10H2,1-2H3,(H,20,21,22,25). The number of hydrogen-bond donors (Lipinski definition) is 1. The first kappa shape index (κ1) is 19.1. The van der Waals surface area contributed by atoms with E-state index in [4.69, 9.17) is 11.6 Å². The van der Waals surface area contributed by atoms with Crippen LogP contribution in [0.5, 0.6) is 0 Å². The molecule has 0 spiro atoms. The van der Waals surface area contributed by atoms with Gasteiger partial charge < -0.3 is 14.5 Å². The van der Waals surface area contributed by atoms with Crippen molar-refractivity contribution in [3.8, 4) is 0 Å². The maximum Gasteiger partial charge on any atom is 0.358 e. The second kappa shape index (κ2) is 8.32. The number of halogens is 1. The zero-order chi connectivity index (χ0) is 19.4. The zero-order valence-corrected chi connectivity index (χ0v) is 15.9. The summed E-state index contributed by atoms with van der Waals surface area (Å²) in [6.07, 6.45) is 1.24. The highest BCUT2D eigenvalue weighted by Gasteiger charge is 2.17. The highest BCUT2D eigenvalue weighted by molar-refractivity contribution is 6.33. The largest absolute Gasteiger partial charge is 0.464 e. The number of benzene rings is 1. The fraction of sp³-hybridized carbons (Fsp3) is 0.333. The predicted octanol–water partition coefficient (Wildman–Crippen LogP) is 1.92. The molecule has 142 valence electrons. The molecule has 1 N–H and O–H groups in total. The number of anilines is 2. The number of amides is 1. The van der Waals surface area contributed by atoms with E-state index in [9.17, 15) is 9.59 Å². The molecule has 1 saturated heterocycles. The Bertz CT molecular complexity index is 835. The molecule has 2 aromatic rings. The summed E-state index contributed by atoms with van der Waals surface area (Å²) >= 11 is 5.88. The van der Waals surface area contributed by atoms with Crippen molar-refractivity contribution in [2.75, 3.05) is 50.6 Å². The van der Waals surface area contributed by atoms with Gasteiger partial charge >= 0.3 is 5.97 Å². The van der Waals surface area contributed by atoms with Crippen LogP contribution in [0.1, 0.15) is 20.8 Å². The van der Waals surface area contributed by atoms with Crippen molar-refractivity contribution in [3.05, 3.63) is 46.7 Å². The molecular weight excluding hydrogens is 370 g/mol. The third-order valence-corrected chi connectivity index (χ3v) is 4.62. The number of esters is 1. The molecule has 0 radical (unpaired) electrons. The van der Waals surface area contributed by atoms with E-state index in [1.165, 1.54) is 13.3 Å². The topological polar surface area (TPSA) is 87.7 Å². The van der Waals surface area contributed by atoms with E-state index < -0.39 is 5.97 Å². The van der Waals surface area contributed by atoms with Crippen LogP contribution < -0.4 is 10.2 Å². The number of piperazine rings is 1. The molecule has 3 rings (SSSR count). The van der Waals surface area contributed by atoms with E-state index in [-0.39, 0.29) is 22.6 Å². The van der Waals surface area contributed by atoms with Crippen LogP contribution in [0.15, 0.2) is 30.5 Å². The average Bonchev–Trinajstić information content (AvgIpc) is 2.69. The van der Waals surface area contributed by atoms with E-state index in [2.05, 4.69) is 36.9 Å². The molecule has 1 aromatic carbocycles. The summed E-state index contributed by atoms with van der Waals surface area (Å²) in [6.45, 7) is 3.94. The molecule has 0 saturated carbocycles. The number of likely N-dealkylation sites (N-methyl/N-ethyl adjacent to an activating group) is 1. The lowest BCUT2D eigenvalue weighted by Crippen LogP contribution is -2.44. The molecule has 0 unspecified atom stereocenters. The maximum atomic E-state index is 12.4. The molecule has 27 heavy (non-hydrogen) atoms. The molecule has 1 fully saturated rings. The number of carbonyl (C=O) groups excluding carboxylic acids is 2. The predicted molar refractivity (Wildman–Crippen MR) is 102 cm³/mol. The zero-order valence-electron chi connectivity index (χ0n) is 15.1. The van der Waals surface area contributed by atoms with Gasteiger partial charge in [0, 0.05) is 37.4 Å². The van der Waals surface area contributed by atoms with Crippen LogP contribution >= 0.6 is 11.6 Å². The summed E-state index contributed by atoms with van der Waals surface area (Å²) in [4.78, 5) is 36.5. The van der Waals surface area contributed by atoms with Gasteiger partial charge in [-0.15, -0.1) is 0 Å². The van der Waals surface area contributed by atoms with Gasteiger partial charge in [0.2, 0.25) is 5.95 Å². The summed E-state index contributed by atoms with van der Waals surface area (Å²) in [7, 11) is 3.33. The normalized spacial score (nSPS) is 14.7. The number of nitrogens with zero attached hydrogens (tertiary/aromatic N) is 4. The monoisotopic (exact) mass is 389 g/mol. The molecule has 1 aromatic heterocycles. The Kier molecular flexibility index (Phi) is 5.88. The molecule has 1 aliphatic rings. The third-order valence-electron chi connectivity index (χ3n) is 4.35. The fourth-order valence-electron chi connectivity index (χ4n) is 2.73. The number of methoxy groups -OCH3 is 1. The van der Waals surface area contributed by atoms with Crippen LogP contribution in [0.3, 0.4) is 0 Å². The number of aromatic nitrogens is 2. The Hall–Kier alpha value is -2.71. The summed E-state index contributed by atoms with van der Waals surface area (Å²) in [5, 5.41) is 2.61. The first-order chi connectivity index (χ1) is 13.0.